The van der Waals surface area contributed by atoms with E-state index in [9.17, 15) is 20.0 Å². The standard InChI is InChI=1S/C12H17N3O4/c1-5-12(2,3)14(4)9-7-13-10(15(18)19)6-8(9)11(16)17/h6-7H,5H2,1-4H3,(H,16,17). The zero-order valence-electron chi connectivity index (χ0n) is 11.4. The Bertz CT molecular complexity index is 514. The number of carbonyl (C=O) groups is 1. The van der Waals surface area contributed by atoms with Crippen molar-refractivity contribution in [1.82, 2.24) is 4.98 Å². The predicted octanol–water partition coefficient (Wildman–Crippen LogP) is 2.31. The molecule has 7 heteroatoms. The average Bonchev–Trinajstić information content (AvgIpc) is 2.36. The molecule has 7 nitrogen and oxygen atoms in total. The first-order valence-corrected chi connectivity index (χ1v) is 5.82. The van der Waals surface area contributed by atoms with Gasteiger partial charge in [0.2, 0.25) is 0 Å². The Morgan fingerprint density at radius 2 is 2.16 bits per heavy atom. The first-order chi connectivity index (χ1) is 8.70. The highest BCUT2D eigenvalue weighted by molar-refractivity contribution is 5.95. The van der Waals surface area contributed by atoms with Crippen molar-refractivity contribution in [2.45, 2.75) is 32.7 Å². The molecule has 0 saturated carbocycles. The Morgan fingerprint density at radius 3 is 2.58 bits per heavy atom. The van der Waals surface area contributed by atoms with Crippen LogP contribution >= 0.6 is 0 Å². The fraction of sp³-hybridized carbons (Fsp3) is 0.500. The summed E-state index contributed by atoms with van der Waals surface area (Å²) in [5.41, 5.74) is -0.0298. The predicted molar refractivity (Wildman–Crippen MR) is 70.6 cm³/mol. The Hall–Kier alpha value is -2.18. The van der Waals surface area contributed by atoms with E-state index >= 15 is 0 Å². The van der Waals surface area contributed by atoms with Crippen LogP contribution in [0.15, 0.2) is 12.3 Å². The average molecular weight is 267 g/mol. The third-order valence-corrected chi connectivity index (χ3v) is 3.42. The van der Waals surface area contributed by atoms with Crippen LogP contribution in [0.25, 0.3) is 0 Å². The fourth-order valence-electron chi connectivity index (χ4n) is 1.54. The molecule has 0 amide bonds. The maximum absolute atomic E-state index is 11.2. The second-order valence-electron chi connectivity index (χ2n) is 4.85. The quantitative estimate of drug-likeness (QED) is 0.649. The van der Waals surface area contributed by atoms with Crippen molar-refractivity contribution in [3.8, 4) is 0 Å². The lowest BCUT2D eigenvalue weighted by molar-refractivity contribution is -0.389. The van der Waals surface area contributed by atoms with Gasteiger partial charge in [-0.2, -0.15) is 0 Å². The van der Waals surface area contributed by atoms with E-state index in [0.717, 1.165) is 12.5 Å². The highest BCUT2D eigenvalue weighted by Crippen LogP contribution is 2.29. The topological polar surface area (TPSA) is 96.6 Å². The van der Waals surface area contributed by atoms with Gasteiger partial charge in [-0.15, -0.1) is 0 Å². The molecule has 0 fully saturated rings. The van der Waals surface area contributed by atoms with E-state index in [1.54, 1.807) is 11.9 Å². The summed E-state index contributed by atoms with van der Waals surface area (Å²) in [7, 11) is 1.75. The third kappa shape index (κ3) is 2.98. The molecule has 0 spiro atoms. The molecule has 0 aromatic carbocycles. The van der Waals surface area contributed by atoms with Gasteiger partial charge in [0.15, 0.2) is 6.20 Å². The van der Waals surface area contributed by atoms with Crippen molar-refractivity contribution in [3.05, 3.63) is 27.9 Å². The van der Waals surface area contributed by atoms with Crippen LogP contribution in [0.4, 0.5) is 11.5 Å². The maximum atomic E-state index is 11.2. The minimum atomic E-state index is -1.21. The zero-order valence-corrected chi connectivity index (χ0v) is 11.4. The molecule has 1 aromatic heterocycles. The van der Waals surface area contributed by atoms with Crippen LogP contribution in [0.2, 0.25) is 0 Å². The molecule has 0 bridgehead atoms. The number of carboxylic acid groups (broad SMARTS) is 1. The normalized spacial score (nSPS) is 11.2. The Labute approximate surface area is 111 Å². The number of aromatic nitrogens is 1. The van der Waals surface area contributed by atoms with Crippen molar-refractivity contribution in [2.24, 2.45) is 0 Å². The van der Waals surface area contributed by atoms with Gasteiger partial charge in [0.1, 0.15) is 0 Å². The van der Waals surface area contributed by atoms with E-state index in [1.807, 2.05) is 20.8 Å². The first-order valence-electron chi connectivity index (χ1n) is 5.82. The van der Waals surface area contributed by atoms with Crippen molar-refractivity contribution < 1.29 is 14.8 Å². The van der Waals surface area contributed by atoms with Crippen LogP contribution < -0.4 is 4.90 Å². The number of nitrogens with zero attached hydrogens (tertiary/aromatic N) is 3. The van der Waals surface area contributed by atoms with E-state index in [-0.39, 0.29) is 11.1 Å². The van der Waals surface area contributed by atoms with Crippen molar-refractivity contribution >= 4 is 17.5 Å². The van der Waals surface area contributed by atoms with E-state index < -0.39 is 16.7 Å². The summed E-state index contributed by atoms with van der Waals surface area (Å²) in [6.45, 7) is 5.90. The zero-order chi connectivity index (χ0) is 14.8. The van der Waals surface area contributed by atoms with Crippen LogP contribution in [0.1, 0.15) is 37.6 Å². The van der Waals surface area contributed by atoms with Gasteiger partial charge >= 0.3 is 11.8 Å². The van der Waals surface area contributed by atoms with E-state index in [2.05, 4.69) is 4.98 Å². The highest BCUT2D eigenvalue weighted by Gasteiger charge is 2.28. The maximum Gasteiger partial charge on any atom is 0.364 e. The molecular formula is C12H17N3O4. The van der Waals surface area contributed by atoms with E-state index in [4.69, 9.17) is 0 Å². The SMILES string of the molecule is CCC(C)(C)N(C)c1cnc([N+](=O)[O-])cc1C(=O)O. The van der Waals surface area contributed by atoms with Crippen LogP contribution in [-0.2, 0) is 0 Å². The van der Waals surface area contributed by atoms with E-state index in [0.29, 0.717) is 5.69 Å². The number of hydrogen-bond acceptors (Lipinski definition) is 5. The summed E-state index contributed by atoms with van der Waals surface area (Å²) >= 11 is 0. The minimum Gasteiger partial charge on any atom is -0.478 e. The molecule has 104 valence electrons. The first kappa shape index (κ1) is 14.9. The molecule has 1 heterocycles. The summed E-state index contributed by atoms with van der Waals surface area (Å²) in [6.07, 6.45) is 2.03. The summed E-state index contributed by atoms with van der Waals surface area (Å²) in [6, 6.07) is 0.986. The number of hydrogen-bond donors (Lipinski definition) is 1. The van der Waals surface area contributed by atoms with Crippen molar-refractivity contribution in [1.29, 1.82) is 0 Å². The van der Waals surface area contributed by atoms with Gasteiger partial charge in [-0.3, -0.25) is 0 Å². The van der Waals surface area contributed by atoms with Gasteiger partial charge in [0, 0.05) is 12.6 Å². The molecule has 1 rings (SSSR count). The number of carboxylic acids is 1. The van der Waals surface area contributed by atoms with Crippen molar-refractivity contribution in [2.75, 3.05) is 11.9 Å². The molecule has 19 heavy (non-hydrogen) atoms. The fourth-order valence-corrected chi connectivity index (χ4v) is 1.54. The summed E-state index contributed by atoms with van der Waals surface area (Å²) < 4.78 is 0. The second kappa shape index (κ2) is 5.21. The number of nitro groups is 1. The molecule has 1 aromatic rings. The Balaban J connectivity index is 3.36. The number of anilines is 1. The van der Waals surface area contributed by atoms with Gasteiger partial charge in [0.05, 0.1) is 17.3 Å². The van der Waals surface area contributed by atoms with Gasteiger partial charge in [-0.05, 0) is 30.2 Å². The molecule has 0 aliphatic rings. The van der Waals surface area contributed by atoms with Crippen LogP contribution in [0, 0.1) is 10.1 Å². The molecule has 0 radical (unpaired) electrons. The number of pyridine rings is 1. The Morgan fingerprint density at radius 1 is 1.58 bits per heavy atom. The van der Waals surface area contributed by atoms with E-state index in [1.165, 1.54) is 6.20 Å². The van der Waals surface area contributed by atoms with Gasteiger partial charge in [-0.1, -0.05) is 6.92 Å². The largest absolute Gasteiger partial charge is 0.478 e. The summed E-state index contributed by atoms with van der Waals surface area (Å²) in [4.78, 5) is 26.6. The molecule has 1 N–H and O–H groups in total. The highest BCUT2D eigenvalue weighted by atomic mass is 16.6. The van der Waals surface area contributed by atoms with Gasteiger partial charge in [0.25, 0.3) is 0 Å². The third-order valence-electron chi connectivity index (χ3n) is 3.42. The van der Waals surface area contributed by atoms with Crippen molar-refractivity contribution in [3.63, 3.8) is 0 Å². The molecular weight excluding hydrogens is 250 g/mol. The molecule has 0 unspecified atom stereocenters. The molecule has 0 aliphatic heterocycles. The number of aromatic carboxylic acids is 1. The lowest BCUT2D eigenvalue weighted by Gasteiger charge is -2.36. The van der Waals surface area contributed by atoms with Gasteiger partial charge in [-0.25, -0.2) is 4.79 Å². The number of rotatable bonds is 5. The minimum absolute atomic E-state index is 0.120. The monoisotopic (exact) mass is 267 g/mol. The second-order valence-corrected chi connectivity index (χ2v) is 4.85. The summed E-state index contributed by atoms with van der Waals surface area (Å²) in [5.74, 6) is -1.68. The molecule has 0 saturated heterocycles. The summed E-state index contributed by atoms with van der Waals surface area (Å²) in [5, 5.41) is 19.8. The van der Waals surface area contributed by atoms with Gasteiger partial charge < -0.3 is 20.1 Å². The lowest BCUT2D eigenvalue weighted by Crippen LogP contribution is -2.41. The smallest absolute Gasteiger partial charge is 0.364 e. The Kier molecular flexibility index (Phi) is 4.08. The molecule has 0 aliphatic carbocycles. The van der Waals surface area contributed by atoms with Crippen LogP contribution in [0.3, 0.4) is 0 Å². The lowest BCUT2D eigenvalue weighted by atomic mass is 9.98. The van der Waals surface area contributed by atoms with Crippen LogP contribution in [0.5, 0.6) is 0 Å². The van der Waals surface area contributed by atoms with Crippen LogP contribution in [-0.4, -0.2) is 33.6 Å². The molecule has 0 atom stereocenters.